The van der Waals surface area contributed by atoms with Crippen molar-refractivity contribution in [1.82, 2.24) is 5.32 Å². The predicted molar refractivity (Wildman–Crippen MR) is 80.7 cm³/mol. The topological polar surface area (TPSA) is 21.3 Å². The van der Waals surface area contributed by atoms with Gasteiger partial charge in [0.2, 0.25) is 0 Å². The van der Waals surface area contributed by atoms with E-state index in [1.807, 2.05) is 19.2 Å². The summed E-state index contributed by atoms with van der Waals surface area (Å²) in [4.78, 5) is 0. The van der Waals surface area contributed by atoms with Crippen LogP contribution in [-0.2, 0) is 0 Å². The molecule has 0 saturated heterocycles. The zero-order chi connectivity index (χ0) is 13.5. The fraction of sp³-hybridized carbons (Fsp3) is 0.294. The lowest BCUT2D eigenvalue weighted by atomic mass is 10.0. The summed E-state index contributed by atoms with van der Waals surface area (Å²) in [5, 5.41) is 3.11. The van der Waals surface area contributed by atoms with Crippen LogP contribution in [0.25, 0.3) is 11.1 Å². The third kappa shape index (κ3) is 4.11. The van der Waals surface area contributed by atoms with Crippen LogP contribution in [0.4, 0.5) is 0 Å². The van der Waals surface area contributed by atoms with Gasteiger partial charge in [0.25, 0.3) is 0 Å². The Morgan fingerprint density at radius 1 is 0.895 bits per heavy atom. The van der Waals surface area contributed by atoms with Crippen molar-refractivity contribution in [2.75, 3.05) is 20.2 Å². The Labute approximate surface area is 115 Å². The molecule has 2 rings (SSSR count). The fourth-order valence-electron chi connectivity index (χ4n) is 1.93. The molecular formula is C17H21NO. The van der Waals surface area contributed by atoms with Crippen molar-refractivity contribution in [2.24, 2.45) is 0 Å². The SMILES string of the molecule is CNCCCOc1ccc(-c2ccc(C)cc2)cc1. The third-order valence-electron chi connectivity index (χ3n) is 3.08. The first-order chi connectivity index (χ1) is 9.29. The molecule has 0 aliphatic carbocycles. The van der Waals surface area contributed by atoms with Gasteiger partial charge in [-0.15, -0.1) is 0 Å². The van der Waals surface area contributed by atoms with Crippen LogP contribution in [-0.4, -0.2) is 20.2 Å². The number of nitrogens with one attached hydrogen (secondary N) is 1. The van der Waals surface area contributed by atoms with E-state index in [2.05, 4.69) is 48.6 Å². The van der Waals surface area contributed by atoms with Crippen LogP contribution in [0, 0.1) is 6.92 Å². The maximum atomic E-state index is 5.68. The second-order valence-corrected chi connectivity index (χ2v) is 4.70. The van der Waals surface area contributed by atoms with Crippen LogP contribution in [0.1, 0.15) is 12.0 Å². The molecule has 2 nitrogen and oxygen atoms in total. The lowest BCUT2D eigenvalue weighted by Gasteiger charge is -2.07. The molecule has 0 spiro atoms. The van der Waals surface area contributed by atoms with Crippen molar-refractivity contribution < 1.29 is 4.74 Å². The van der Waals surface area contributed by atoms with E-state index in [0.29, 0.717) is 0 Å². The molecule has 0 bridgehead atoms. The van der Waals surface area contributed by atoms with Crippen molar-refractivity contribution in [2.45, 2.75) is 13.3 Å². The van der Waals surface area contributed by atoms with Gasteiger partial charge in [-0.25, -0.2) is 0 Å². The molecule has 0 atom stereocenters. The number of hydrogen-bond acceptors (Lipinski definition) is 2. The summed E-state index contributed by atoms with van der Waals surface area (Å²) in [7, 11) is 1.95. The summed E-state index contributed by atoms with van der Waals surface area (Å²) in [6, 6.07) is 16.9. The minimum Gasteiger partial charge on any atom is -0.494 e. The molecular weight excluding hydrogens is 234 g/mol. The van der Waals surface area contributed by atoms with Crippen LogP contribution in [0.3, 0.4) is 0 Å². The Hall–Kier alpha value is -1.80. The second-order valence-electron chi connectivity index (χ2n) is 4.70. The van der Waals surface area contributed by atoms with E-state index in [1.165, 1.54) is 16.7 Å². The fourth-order valence-corrected chi connectivity index (χ4v) is 1.93. The molecule has 2 aromatic carbocycles. The first-order valence-electron chi connectivity index (χ1n) is 6.74. The Morgan fingerprint density at radius 3 is 2.05 bits per heavy atom. The third-order valence-corrected chi connectivity index (χ3v) is 3.08. The monoisotopic (exact) mass is 255 g/mol. The average Bonchev–Trinajstić information content (AvgIpc) is 2.45. The smallest absolute Gasteiger partial charge is 0.119 e. The van der Waals surface area contributed by atoms with Gasteiger partial charge in [-0.3, -0.25) is 0 Å². The van der Waals surface area contributed by atoms with Gasteiger partial charge in [0.05, 0.1) is 6.61 Å². The summed E-state index contributed by atoms with van der Waals surface area (Å²) >= 11 is 0. The molecule has 1 N–H and O–H groups in total. The molecule has 0 aliphatic rings. The van der Waals surface area contributed by atoms with Crippen LogP contribution < -0.4 is 10.1 Å². The minimum atomic E-state index is 0.755. The van der Waals surface area contributed by atoms with E-state index in [-0.39, 0.29) is 0 Å². The number of benzene rings is 2. The summed E-state index contributed by atoms with van der Waals surface area (Å²) in [6.07, 6.45) is 1.02. The van der Waals surface area contributed by atoms with E-state index in [9.17, 15) is 0 Å². The average molecular weight is 255 g/mol. The van der Waals surface area contributed by atoms with E-state index >= 15 is 0 Å². The number of aryl methyl sites for hydroxylation is 1. The van der Waals surface area contributed by atoms with Gasteiger partial charge in [-0.2, -0.15) is 0 Å². The van der Waals surface area contributed by atoms with Crippen molar-refractivity contribution in [1.29, 1.82) is 0 Å². The van der Waals surface area contributed by atoms with E-state index in [1.54, 1.807) is 0 Å². The largest absolute Gasteiger partial charge is 0.494 e. The molecule has 0 radical (unpaired) electrons. The van der Waals surface area contributed by atoms with Crippen molar-refractivity contribution in [3.8, 4) is 16.9 Å². The Balaban J connectivity index is 1.96. The van der Waals surface area contributed by atoms with Gasteiger partial charge in [0, 0.05) is 0 Å². The second kappa shape index (κ2) is 6.95. The number of ether oxygens (including phenoxy) is 1. The summed E-state index contributed by atoms with van der Waals surface area (Å²) in [6.45, 7) is 3.85. The minimum absolute atomic E-state index is 0.755. The van der Waals surface area contributed by atoms with Gasteiger partial charge in [0.1, 0.15) is 5.75 Å². The van der Waals surface area contributed by atoms with Gasteiger partial charge >= 0.3 is 0 Å². The number of hydrogen-bond donors (Lipinski definition) is 1. The van der Waals surface area contributed by atoms with Gasteiger partial charge in [-0.1, -0.05) is 42.0 Å². The van der Waals surface area contributed by atoms with Crippen LogP contribution in [0.5, 0.6) is 5.75 Å². The first-order valence-corrected chi connectivity index (χ1v) is 6.74. The molecule has 0 aromatic heterocycles. The van der Waals surface area contributed by atoms with Gasteiger partial charge in [0.15, 0.2) is 0 Å². The lowest BCUT2D eigenvalue weighted by Crippen LogP contribution is -2.11. The molecule has 2 aromatic rings. The molecule has 2 heteroatoms. The van der Waals surface area contributed by atoms with Crippen LogP contribution >= 0.6 is 0 Å². The Bertz CT molecular complexity index is 488. The van der Waals surface area contributed by atoms with E-state index < -0.39 is 0 Å². The highest BCUT2D eigenvalue weighted by Crippen LogP contribution is 2.22. The predicted octanol–water partition coefficient (Wildman–Crippen LogP) is 3.65. The lowest BCUT2D eigenvalue weighted by molar-refractivity contribution is 0.310. The molecule has 19 heavy (non-hydrogen) atoms. The normalized spacial score (nSPS) is 10.4. The van der Waals surface area contributed by atoms with E-state index in [4.69, 9.17) is 4.74 Å². The molecule has 0 aliphatic heterocycles. The zero-order valence-electron chi connectivity index (χ0n) is 11.6. The highest BCUT2D eigenvalue weighted by atomic mass is 16.5. The van der Waals surface area contributed by atoms with Gasteiger partial charge < -0.3 is 10.1 Å². The molecule has 0 unspecified atom stereocenters. The molecule has 0 heterocycles. The maximum absolute atomic E-state index is 5.68. The first kappa shape index (κ1) is 13.6. The van der Waals surface area contributed by atoms with Gasteiger partial charge in [-0.05, 0) is 50.2 Å². The standard InChI is InChI=1S/C17H21NO/c1-14-4-6-15(7-5-14)16-8-10-17(11-9-16)19-13-3-12-18-2/h4-11,18H,3,12-13H2,1-2H3. The Morgan fingerprint density at radius 2 is 1.47 bits per heavy atom. The van der Waals surface area contributed by atoms with Crippen molar-refractivity contribution in [3.63, 3.8) is 0 Å². The Kier molecular flexibility index (Phi) is 4.99. The molecule has 0 saturated carbocycles. The highest BCUT2D eigenvalue weighted by molar-refractivity contribution is 5.64. The highest BCUT2D eigenvalue weighted by Gasteiger charge is 1.98. The molecule has 0 fully saturated rings. The number of rotatable bonds is 6. The van der Waals surface area contributed by atoms with E-state index in [0.717, 1.165) is 25.3 Å². The summed E-state index contributed by atoms with van der Waals surface area (Å²) in [5.74, 6) is 0.937. The zero-order valence-corrected chi connectivity index (χ0v) is 11.6. The quantitative estimate of drug-likeness (QED) is 0.796. The maximum Gasteiger partial charge on any atom is 0.119 e. The van der Waals surface area contributed by atoms with Crippen LogP contribution in [0.15, 0.2) is 48.5 Å². The summed E-state index contributed by atoms with van der Waals surface area (Å²) in [5.41, 5.74) is 3.75. The van der Waals surface area contributed by atoms with Crippen molar-refractivity contribution in [3.05, 3.63) is 54.1 Å². The molecule has 0 amide bonds. The molecule has 100 valence electrons. The van der Waals surface area contributed by atoms with Crippen molar-refractivity contribution >= 4 is 0 Å². The summed E-state index contributed by atoms with van der Waals surface area (Å²) < 4.78 is 5.68. The van der Waals surface area contributed by atoms with Crippen LogP contribution in [0.2, 0.25) is 0 Å².